The third kappa shape index (κ3) is 2.26. The van der Waals surface area contributed by atoms with Gasteiger partial charge in [-0.05, 0) is 38.3 Å². The second-order valence-corrected chi connectivity index (χ2v) is 5.40. The number of hydrogen-bond acceptors (Lipinski definition) is 2. The zero-order valence-electron chi connectivity index (χ0n) is 8.60. The number of rotatable bonds is 2. The highest BCUT2D eigenvalue weighted by molar-refractivity contribution is 7.90. The van der Waals surface area contributed by atoms with E-state index in [4.69, 9.17) is 0 Å². The smallest absolute Gasteiger partial charge is 0.199 e. The Kier molecular flexibility index (Phi) is 2.61. The van der Waals surface area contributed by atoms with Gasteiger partial charge in [0.1, 0.15) is 0 Å². The summed E-state index contributed by atoms with van der Waals surface area (Å²) in [5.41, 5.74) is 1.85. The molecular formula is C11H13NO2S. The number of benzene rings is 1. The molecule has 1 fully saturated rings. The van der Waals surface area contributed by atoms with Crippen LogP contribution in [0.2, 0.25) is 0 Å². The maximum Gasteiger partial charge on any atom is 0.282 e. The molecule has 1 saturated carbocycles. The van der Waals surface area contributed by atoms with Gasteiger partial charge in [0, 0.05) is 5.71 Å². The van der Waals surface area contributed by atoms with E-state index in [0.29, 0.717) is 0 Å². The average molecular weight is 223 g/mol. The largest absolute Gasteiger partial charge is 0.282 e. The van der Waals surface area contributed by atoms with Gasteiger partial charge in [0.25, 0.3) is 10.0 Å². The van der Waals surface area contributed by atoms with Gasteiger partial charge in [-0.25, -0.2) is 0 Å². The standard InChI is InChI=1S/C11H13NO2S/c1-9-5-7-11(8-6-9)15(13,14)12-10-3-2-4-10/h5-8H,2-4H2,1H3. The van der Waals surface area contributed by atoms with Gasteiger partial charge >= 0.3 is 0 Å². The molecule has 0 unspecified atom stereocenters. The van der Waals surface area contributed by atoms with E-state index >= 15 is 0 Å². The maximum atomic E-state index is 11.8. The summed E-state index contributed by atoms with van der Waals surface area (Å²) < 4.78 is 27.3. The fourth-order valence-corrected chi connectivity index (χ4v) is 2.47. The van der Waals surface area contributed by atoms with Crippen molar-refractivity contribution in [2.45, 2.75) is 31.1 Å². The second-order valence-electron chi connectivity index (χ2n) is 3.80. The van der Waals surface area contributed by atoms with E-state index in [1.165, 1.54) is 0 Å². The normalized spacial score (nSPS) is 15.9. The van der Waals surface area contributed by atoms with Crippen molar-refractivity contribution in [1.82, 2.24) is 0 Å². The molecule has 0 N–H and O–H groups in total. The van der Waals surface area contributed by atoms with Crippen molar-refractivity contribution in [3.8, 4) is 0 Å². The topological polar surface area (TPSA) is 46.5 Å². The van der Waals surface area contributed by atoms with Crippen LogP contribution in [0.15, 0.2) is 33.6 Å². The van der Waals surface area contributed by atoms with Gasteiger partial charge in [0.2, 0.25) is 0 Å². The highest BCUT2D eigenvalue weighted by atomic mass is 32.2. The van der Waals surface area contributed by atoms with Gasteiger partial charge in [-0.15, -0.1) is 0 Å². The summed E-state index contributed by atoms with van der Waals surface area (Å²) in [7, 11) is -3.45. The lowest BCUT2D eigenvalue weighted by molar-refractivity contribution is 0.597. The Morgan fingerprint density at radius 3 is 2.20 bits per heavy atom. The molecule has 3 nitrogen and oxygen atoms in total. The molecule has 0 radical (unpaired) electrons. The van der Waals surface area contributed by atoms with Gasteiger partial charge in [-0.3, -0.25) is 0 Å². The molecule has 0 saturated heterocycles. The van der Waals surface area contributed by atoms with Crippen LogP contribution in [0.5, 0.6) is 0 Å². The van der Waals surface area contributed by atoms with Crippen LogP contribution < -0.4 is 0 Å². The molecule has 1 aliphatic rings. The lowest BCUT2D eigenvalue weighted by Crippen LogP contribution is -2.12. The van der Waals surface area contributed by atoms with Gasteiger partial charge in [0.15, 0.2) is 0 Å². The summed E-state index contributed by atoms with van der Waals surface area (Å²) in [5, 5.41) is 0. The highest BCUT2D eigenvalue weighted by Crippen LogP contribution is 2.20. The molecule has 4 heteroatoms. The monoisotopic (exact) mass is 223 g/mol. The average Bonchev–Trinajstić information content (AvgIpc) is 2.13. The summed E-state index contributed by atoms with van der Waals surface area (Å²) in [5.74, 6) is 0. The fraction of sp³-hybridized carbons (Fsp3) is 0.364. The third-order valence-corrected chi connectivity index (χ3v) is 3.87. The Morgan fingerprint density at radius 2 is 1.73 bits per heavy atom. The van der Waals surface area contributed by atoms with Crippen LogP contribution in [0, 0.1) is 6.92 Å². The Morgan fingerprint density at radius 1 is 1.13 bits per heavy atom. The first kappa shape index (κ1) is 10.4. The minimum Gasteiger partial charge on any atom is -0.199 e. The van der Waals surface area contributed by atoms with Gasteiger partial charge in [-0.2, -0.15) is 12.8 Å². The molecule has 0 amide bonds. The predicted octanol–water partition coefficient (Wildman–Crippen LogP) is 2.31. The quantitative estimate of drug-likeness (QED) is 0.772. The van der Waals surface area contributed by atoms with E-state index < -0.39 is 10.0 Å². The highest BCUT2D eigenvalue weighted by Gasteiger charge is 2.17. The Labute approximate surface area is 89.9 Å². The molecule has 1 aromatic carbocycles. The molecule has 1 aromatic rings. The second kappa shape index (κ2) is 3.77. The molecule has 0 aliphatic heterocycles. The first-order chi connectivity index (χ1) is 7.08. The van der Waals surface area contributed by atoms with E-state index in [2.05, 4.69) is 4.40 Å². The molecule has 0 aromatic heterocycles. The fourth-order valence-electron chi connectivity index (χ4n) is 1.36. The molecular weight excluding hydrogens is 210 g/mol. The van der Waals surface area contributed by atoms with Gasteiger partial charge in [-0.1, -0.05) is 17.7 Å². The summed E-state index contributed by atoms with van der Waals surface area (Å²) in [6.45, 7) is 1.92. The molecule has 2 rings (SSSR count). The van der Waals surface area contributed by atoms with Crippen LogP contribution in [0.4, 0.5) is 0 Å². The van der Waals surface area contributed by atoms with E-state index in [1.807, 2.05) is 6.92 Å². The lowest BCUT2D eigenvalue weighted by atomic mass is 9.98. The van der Waals surface area contributed by atoms with Crippen LogP contribution in [0.25, 0.3) is 0 Å². The predicted molar refractivity (Wildman–Crippen MR) is 59.7 cm³/mol. The van der Waals surface area contributed by atoms with Crippen LogP contribution >= 0.6 is 0 Å². The zero-order valence-corrected chi connectivity index (χ0v) is 9.42. The Balaban J connectivity index is 2.33. The van der Waals surface area contributed by atoms with E-state index in [9.17, 15) is 8.42 Å². The van der Waals surface area contributed by atoms with Crippen LogP contribution in [-0.2, 0) is 10.0 Å². The third-order valence-electron chi connectivity index (χ3n) is 2.50. The van der Waals surface area contributed by atoms with E-state index in [-0.39, 0.29) is 4.90 Å². The number of sulfonamides is 1. The minimum absolute atomic E-state index is 0.285. The van der Waals surface area contributed by atoms with Crippen molar-refractivity contribution in [2.75, 3.05) is 0 Å². The molecule has 1 aliphatic carbocycles. The number of aryl methyl sites for hydroxylation is 1. The number of hydrogen-bond donors (Lipinski definition) is 0. The van der Waals surface area contributed by atoms with Gasteiger partial charge in [0.05, 0.1) is 4.90 Å². The van der Waals surface area contributed by atoms with Gasteiger partial charge < -0.3 is 0 Å². The maximum absolute atomic E-state index is 11.8. The molecule has 80 valence electrons. The van der Waals surface area contributed by atoms with Crippen molar-refractivity contribution in [3.05, 3.63) is 29.8 Å². The number of nitrogens with zero attached hydrogens (tertiary/aromatic N) is 1. The van der Waals surface area contributed by atoms with Crippen molar-refractivity contribution >= 4 is 15.7 Å². The molecule has 0 spiro atoms. The van der Waals surface area contributed by atoms with Crippen molar-refractivity contribution in [1.29, 1.82) is 0 Å². The summed E-state index contributed by atoms with van der Waals surface area (Å²) >= 11 is 0. The van der Waals surface area contributed by atoms with Crippen LogP contribution in [-0.4, -0.2) is 14.1 Å². The SMILES string of the molecule is Cc1ccc(S(=O)(=O)N=C2CCC2)cc1. The van der Waals surface area contributed by atoms with Crippen molar-refractivity contribution < 1.29 is 8.42 Å². The first-order valence-electron chi connectivity index (χ1n) is 4.97. The first-order valence-corrected chi connectivity index (χ1v) is 6.41. The van der Waals surface area contributed by atoms with E-state index in [1.54, 1.807) is 24.3 Å². The Bertz CT molecular complexity index is 480. The molecule has 0 bridgehead atoms. The molecule has 0 heterocycles. The van der Waals surface area contributed by atoms with Crippen LogP contribution in [0.3, 0.4) is 0 Å². The van der Waals surface area contributed by atoms with Crippen molar-refractivity contribution in [3.63, 3.8) is 0 Å². The van der Waals surface area contributed by atoms with Crippen molar-refractivity contribution in [2.24, 2.45) is 4.40 Å². The minimum atomic E-state index is -3.45. The van der Waals surface area contributed by atoms with E-state index in [0.717, 1.165) is 30.5 Å². The summed E-state index contributed by atoms with van der Waals surface area (Å²) in [6.07, 6.45) is 2.71. The lowest BCUT2D eigenvalue weighted by Gasteiger charge is -2.13. The molecule has 15 heavy (non-hydrogen) atoms. The zero-order chi connectivity index (χ0) is 10.9. The summed E-state index contributed by atoms with van der Waals surface area (Å²) in [6, 6.07) is 6.78. The van der Waals surface area contributed by atoms with Crippen LogP contribution in [0.1, 0.15) is 24.8 Å². The Hall–Kier alpha value is -1.16. The summed E-state index contributed by atoms with van der Waals surface area (Å²) in [4.78, 5) is 0.285. The molecule has 0 atom stereocenters.